The van der Waals surface area contributed by atoms with Gasteiger partial charge in [-0.25, -0.2) is 0 Å². The van der Waals surface area contributed by atoms with Crippen molar-refractivity contribution in [1.29, 1.82) is 0 Å². The van der Waals surface area contributed by atoms with Gasteiger partial charge in [0, 0.05) is 21.0 Å². The highest BCUT2D eigenvalue weighted by Gasteiger charge is 2.13. The number of aromatic nitrogens is 4. The van der Waals surface area contributed by atoms with Gasteiger partial charge >= 0.3 is 0 Å². The van der Waals surface area contributed by atoms with Gasteiger partial charge in [-0.05, 0) is 18.2 Å². The van der Waals surface area contributed by atoms with E-state index in [1.165, 1.54) is 4.70 Å². The van der Waals surface area contributed by atoms with Gasteiger partial charge in [0.15, 0.2) is 11.5 Å². The van der Waals surface area contributed by atoms with Gasteiger partial charge in [0.05, 0.1) is 0 Å². The molecule has 0 unspecified atom stereocenters. The molecule has 0 radical (unpaired) electrons. The van der Waals surface area contributed by atoms with Crippen molar-refractivity contribution in [3.63, 3.8) is 0 Å². The molecule has 0 aliphatic carbocycles. The monoisotopic (exact) mass is 286 g/mol. The standard InChI is InChI=1S/C13H7ClN4S/c14-11-5-6-12-15-16-13(18(12)17-11)9-7-19-10-4-2-1-3-8(9)10/h1-7H. The number of thiophene rings is 1. The van der Waals surface area contributed by atoms with E-state index in [0.717, 1.165) is 16.8 Å². The molecule has 1 aromatic carbocycles. The van der Waals surface area contributed by atoms with Gasteiger partial charge in [0.25, 0.3) is 0 Å². The minimum atomic E-state index is 0.424. The van der Waals surface area contributed by atoms with Crippen molar-refractivity contribution in [1.82, 2.24) is 19.8 Å². The number of fused-ring (bicyclic) bond motifs is 2. The van der Waals surface area contributed by atoms with Crippen LogP contribution in [0.4, 0.5) is 0 Å². The molecule has 0 saturated carbocycles. The summed E-state index contributed by atoms with van der Waals surface area (Å²) in [6.07, 6.45) is 0. The Morgan fingerprint density at radius 3 is 2.89 bits per heavy atom. The summed E-state index contributed by atoms with van der Waals surface area (Å²) in [5.74, 6) is 0.718. The van der Waals surface area contributed by atoms with Crippen LogP contribution in [0.2, 0.25) is 5.15 Å². The van der Waals surface area contributed by atoms with Crippen molar-refractivity contribution >= 4 is 38.7 Å². The van der Waals surface area contributed by atoms with Crippen molar-refractivity contribution < 1.29 is 0 Å². The summed E-state index contributed by atoms with van der Waals surface area (Å²) >= 11 is 7.63. The molecule has 0 bridgehead atoms. The second-order valence-corrected chi connectivity index (χ2v) is 5.39. The van der Waals surface area contributed by atoms with Crippen LogP contribution in [0.25, 0.3) is 27.1 Å². The molecule has 92 valence electrons. The molecule has 0 spiro atoms. The molecule has 0 aliphatic rings. The van der Waals surface area contributed by atoms with Crippen LogP contribution < -0.4 is 0 Å². The Morgan fingerprint density at radius 1 is 1.05 bits per heavy atom. The van der Waals surface area contributed by atoms with Crippen LogP contribution in [0.15, 0.2) is 41.8 Å². The third-order valence-corrected chi connectivity index (χ3v) is 4.12. The van der Waals surface area contributed by atoms with Crippen molar-refractivity contribution in [2.24, 2.45) is 0 Å². The first kappa shape index (κ1) is 10.9. The summed E-state index contributed by atoms with van der Waals surface area (Å²) in [5.41, 5.74) is 1.72. The molecular weight excluding hydrogens is 280 g/mol. The quantitative estimate of drug-likeness (QED) is 0.536. The van der Waals surface area contributed by atoms with E-state index in [1.54, 1.807) is 28.0 Å². The maximum atomic E-state index is 5.94. The molecule has 0 saturated heterocycles. The second kappa shape index (κ2) is 4.01. The largest absolute Gasteiger partial charge is 0.191 e. The Bertz CT molecular complexity index is 896. The topological polar surface area (TPSA) is 43.1 Å². The first-order valence-electron chi connectivity index (χ1n) is 5.67. The predicted molar refractivity (Wildman–Crippen MR) is 76.6 cm³/mol. The van der Waals surface area contributed by atoms with Gasteiger partial charge in [-0.3, -0.25) is 0 Å². The van der Waals surface area contributed by atoms with Crippen LogP contribution in [-0.4, -0.2) is 19.8 Å². The minimum absolute atomic E-state index is 0.424. The SMILES string of the molecule is Clc1ccc2nnc(-c3csc4ccccc34)n2n1. The van der Waals surface area contributed by atoms with E-state index in [4.69, 9.17) is 11.6 Å². The van der Waals surface area contributed by atoms with Crippen LogP contribution in [0.1, 0.15) is 0 Å². The van der Waals surface area contributed by atoms with Crippen molar-refractivity contribution in [3.05, 3.63) is 46.9 Å². The molecule has 4 nitrogen and oxygen atoms in total. The predicted octanol–water partition coefficient (Wildman–Crippen LogP) is 3.66. The number of halogens is 1. The minimum Gasteiger partial charge on any atom is -0.191 e. The van der Waals surface area contributed by atoms with Crippen LogP contribution >= 0.6 is 22.9 Å². The number of rotatable bonds is 1. The Hall–Kier alpha value is -1.98. The highest BCUT2D eigenvalue weighted by atomic mass is 35.5. The first-order chi connectivity index (χ1) is 9.33. The van der Waals surface area contributed by atoms with E-state index in [2.05, 4.69) is 32.8 Å². The lowest BCUT2D eigenvalue weighted by atomic mass is 10.2. The van der Waals surface area contributed by atoms with E-state index >= 15 is 0 Å². The molecular formula is C13H7ClN4S. The first-order valence-corrected chi connectivity index (χ1v) is 6.93. The lowest BCUT2D eigenvalue weighted by Crippen LogP contribution is -1.94. The fourth-order valence-corrected chi connectivity index (χ4v) is 3.16. The fraction of sp³-hybridized carbons (Fsp3) is 0. The summed E-state index contributed by atoms with van der Waals surface area (Å²) in [6, 6.07) is 11.7. The van der Waals surface area contributed by atoms with Gasteiger partial charge in [0.2, 0.25) is 0 Å². The van der Waals surface area contributed by atoms with E-state index in [0.29, 0.717) is 10.8 Å². The van der Waals surface area contributed by atoms with E-state index in [1.807, 2.05) is 12.1 Å². The Kier molecular flexibility index (Phi) is 2.30. The molecule has 19 heavy (non-hydrogen) atoms. The molecule has 0 aliphatic heterocycles. The summed E-state index contributed by atoms with van der Waals surface area (Å²) in [4.78, 5) is 0. The van der Waals surface area contributed by atoms with Gasteiger partial charge < -0.3 is 0 Å². The zero-order valence-electron chi connectivity index (χ0n) is 9.62. The molecule has 0 amide bonds. The summed E-state index contributed by atoms with van der Waals surface area (Å²) in [7, 11) is 0. The van der Waals surface area contributed by atoms with Crippen LogP contribution in [0.5, 0.6) is 0 Å². The number of nitrogens with zero attached hydrogens (tertiary/aromatic N) is 4. The van der Waals surface area contributed by atoms with Crippen LogP contribution in [-0.2, 0) is 0 Å². The zero-order valence-corrected chi connectivity index (χ0v) is 11.2. The van der Waals surface area contributed by atoms with E-state index < -0.39 is 0 Å². The van der Waals surface area contributed by atoms with E-state index in [-0.39, 0.29) is 0 Å². The third-order valence-electron chi connectivity index (χ3n) is 2.95. The molecule has 6 heteroatoms. The van der Waals surface area contributed by atoms with Crippen LogP contribution in [0.3, 0.4) is 0 Å². The van der Waals surface area contributed by atoms with E-state index in [9.17, 15) is 0 Å². The molecule has 4 rings (SSSR count). The van der Waals surface area contributed by atoms with Gasteiger partial charge in [-0.1, -0.05) is 29.8 Å². The van der Waals surface area contributed by atoms with Crippen LogP contribution in [0, 0.1) is 0 Å². The molecule has 0 fully saturated rings. The highest BCUT2D eigenvalue weighted by Crippen LogP contribution is 2.32. The smallest absolute Gasteiger partial charge is 0.186 e. The normalized spacial score (nSPS) is 11.4. The van der Waals surface area contributed by atoms with Gasteiger partial charge in [-0.15, -0.1) is 21.5 Å². The second-order valence-electron chi connectivity index (χ2n) is 4.10. The number of benzene rings is 1. The summed E-state index contributed by atoms with van der Waals surface area (Å²) in [6.45, 7) is 0. The highest BCUT2D eigenvalue weighted by molar-refractivity contribution is 7.17. The summed E-state index contributed by atoms with van der Waals surface area (Å²) in [5, 5.41) is 16.3. The zero-order chi connectivity index (χ0) is 12.8. The summed E-state index contributed by atoms with van der Waals surface area (Å²) < 4.78 is 2.90. The third kappa shape index (κ3) is 1.63. The number of hydrogen-bond acceptors (Lipinski definition) is 4. The molecule has 3 aromatic heterocycles. The Labute approximate surface area is 117 Å². The van der Waals surface area contributed by atoms with Crippen molar-refractivity contribution in [2.45, 2.75) is 0 Å². The maximum absolute atomic E-state index is 5.94. The fourth-order valence-electron chi connectivity index (χ4n) is 2.09. The average Bonchev–Trinajstić information content (AvgIpc) is 3.01. The van der Waals surface area contributed by atoms with Crippen molar-refractivity contribution in [2.75, 3.05) is 0 Å². The molecule has 3 heterocycles. The lowest BCUT2D eigenvalue weighted by molar-refractivity contribution is 0.938. The Balaban J connectivity index is 2.06. The Morgan fingerprint density at radius 2 is 1.95 bits per heavy atom. The van der Waals surface area contributed by atoms with Crippen molar-refractivity contribution in [3.8, 4) is 11.4 Å². The molecule has 4 aromatic rings. The average molecular weight is 287 g/mol. The van der Waals surface area contributed by atoms with Gasteiger partial charge in [0.1, 0.15) is 5.15 Å². The maximum Gasteiger partial charge on any atom is 0.186 e. The molecule has 0 atom stereocenters. The lowest BCUT2D eigenvalue weighted by Gasteiger charge is -1.98. The number of hydrogen-bond donors (Lipinski definition) is 0. The molecule has 0 N–H and O–H groups in total. The van der Waals surface area contributed by atoms with Gasteiger partial charge in [-0.2, -0.15) is 9.61 Å².